The molecule has 0 saturated heterocycles. The quantitative estimate of drug-likeness (QED) is 0.835. The van der Waals surface area contributed by atoms with E-state index in [1.54, 1.807) is 20.8 Å². The minimum absolute atomic E-state index is 0.0146. The van der Waals surface area contributed by atoms with Gasteiger partial charge in [-0.3, -0.25) is 0 Å². The van der Waals surface area contributed by atoms with Crippen LogP contribution in [0.2, 0.25) is 5.02 Å². The van der Waals surface area contributed by atoms with Crippen molar-refractivity contribution in [3.63, 3.8) is 0 Å². The van der Waals surface area contributed by atoms with Gasteiger partial charge in [-0.15, -0.1) is 0 Å². The second-order valence-electron chi connectivity index (χ2n) is 4.88. The summed E-state index contributed by atoms with van der Waals surface area (Å²) in [7, 11) is -2.24. The van der Waals surface area contributed by atoms with Gasteiger partial charge in [0, 0.05) is 5.54 Å². The van der Waals surface area contributed by atoms with E-state index in [4.69, 9.17) is 22.1 Å². The zero-order valence-corrected chi connectivity index (χ0v) is 12.3. The molecule has 1 aromatic carbocycles. The van der Waals surface area contributed by atoms with Crippen LogP contribution < -0.4 is 15.2 Å². The lowest BCUT2D eigenvalue weighted by Crippen LogP contribution is -2.40. The van der Waals surface area contributed by atoms with E-state index in [0.717, 1.165) is 0 Å². The van der Waals surface area contributed by atoms with Gasteiger partial charge >= 0.3 is 0 Å². The summed E-state index contributed by atoms with van der Waals surface area (Å²) in [5.74, 6) is 0.270. The number of methoxy groups -OCH3 is 1. The highest BCUT2D eigenvalue weighted by molar-refractivity contribution is 7.89. The van der Waals surface area contributed by atoms with Crippen molar-refractivity contribution >= 4 is 27.3 Å². The predicted molar refractivity (Wildman–Crippen MR) is 72.5 cm³/mol. The standard InChI is InChI=1S/C11H17ClN2O3S/c1-11(2,3)14-18(15,16)7-5-8(12)10(17-4)9(13)6-7/h5-6,14H,13H2,1-4H3. The molecule has 0 heterocycles. The third kappa shape index (κ3) is 3.51. The summed E-state index contributed by atoms with van der Waals surface area (Å²) < 4.78 is 31.7. The van der Waals surface area contributed by atoms with Gasteiger partial charge in [0.05, 0.1) is 22.7 Å². The van der Waals surface area contributed by atoms with E-state index in [0.29, 0.717) is 0 Å². The van der Waals surface area contributed by atoms with Crippen LogP contribution in [-0.4, -0.2) is 21.1 Å². The zero-order chi connectivity index (χ0) is 14.1. The molecule has 0 spiro atoms. The molecule has 5 nitrogen and oxygen atoms in total. The SMILES string of the molecule is COc1c(N)cc(S(=O)(=O)NC(C)(C)C)cc1Cl. The van der Waals surface area contributed by atoms with Gasteiger partial charge in [-0.05, 0) is 32.9 Å². The van der Waals surface area contributed by atoms with Gasteiger partial charge in [0.2, 0.25) is 10.0 Å². The maximum absolute atomic E-state index is 12.1. The number of rotatable bonds is 3. The highest BCUT2D eigenvalue weighted by atomic mass is 35.5. The maximum Gasteiger partial charge on any atom is 0.241 e. The molecule has 0 saturated carbocycles. The predicted octanol–water partition coefficient (Wildman–Crippen LogP) is 2.01. The number of anilines is 1. The topological polar surface area (TPSA) is 81.4 Å². The summed E-state index contributed by atoms with van der Waals surface area (Å²) in [4.78, 5) is 0.0146. The smallest absolute Gasteiger partial charge is 0.241 e. The molecular formula is C11H17ClN2O3S. The monoisotopic (exact) mass is 292 g/mol. The van der Waals surface area contributed by atoms with Crippen LogP contribution in [0.4, 0.5) is 5.69 Å². The van der Waals surface area contributed by atoms with Crippen LogP contribution >= 0.6 is 11.6 Å². The third-order valence-electron chi connectivity index (χ3n) is 2.00. The van der Waals surface area contributed by atoms with Gasteiger partial charge in [-0.2, -0.15) is 0 Å². The Hall–Kier alpha value is -0.980. The lowest BCUT2D eigenvalue weighted by molar-refractivity contribution is 0.417. The zero-order valence-electron chi connectivity index (χ0n) is 10.7. The number of sulfonamides is 1. The first-order valence-electron chi connectivity index (χ1n) is 5.24. The fourth-order valence-electron chi connectivity index (χ4n) is 1.42. The fourth-order valence-corrected chi connectivity index (χ4v) is 3.27. The van der Waals surface area contributed by atoms with E-state index in [-0.39, 0.29) is 21.4 Å². The van der Waals surface area contributed by atoms with E-state index in [1.807, 2.05) is 0 Å². The van der Waals surface area contributed by atoms with E-state index in [1.165, 1.54) is 19.2 Å². The van der Waals surface area contributed by atoms with Crippen LogP contribution in [0.3, 0.4) is 0 Å². The molecule has 1 aromatic rings. The molecule has 0 atom stereocenters. The summed E-state index contributed by atoms with van der Waals surface area (Å²) >= 11 is 5.91. The Balaban J connectivity index is 3.27. The van der Waals surface area contributed by atoms with Crippen molar-refractivity contribution in [1.29, 1.82) is 0 Å². The largest absolute Gasteiger partial charge is 0.493 e. The Morgan fingerprint density at radius 1 is 1.33 bits per heavy atom. The maximum atomic E-state index is 12.1. The molecule has 0 aromatic heterocycles. The molecule has 7 heteroatoms. The van der Waals surface area contributed by atoms with Gasteiger partial charge in [0.15, 0.2) is 5.75 Å². The molecule has 0 unspecified atom stereocenters. The summed E-state index contributed by atoms with van der Waals surface area (Å²) in [6.45, 7) is 5.25. The van der Waals surface area contributed by atoms with Crippen LogP contribution in [-0.2, 0) is 10.0 Å². The average molecular weight is 293 g/mol. The summed E-state index contributed by atoms with van der Waals surface area (Å²) in [6.07, 6.45) is 0. The van der Waals surface area contributed by atoms with Crippen molar-refractivity contribution in [3.05, 3.63) is 17.2 Å². The van der Waals surface area contributed by atoms with E-state index in [9.17, 15) is 8.42 Å². The Labute approximate surface area is 112 Å². The van der Waals surface area contributed by atoms with Crippen LogP contribution in [0.1, 0.15) is 20.8 Å². The summed E-state index contributed by atoms with van der Waals surface area (Å²) in [5, 5.41) is 0.159. The molecular weight excluding hydrogens is 276 g/mol. The number of hydrogen-bond acceptors (Lipinski definition) is 4. The number of benzene rings is 1. The van der Waals surface area contributed by atoms with Crippen LogP contribution in [0.25, 0.3) is 0 Å². The number of hydrogen-bond donors (Lipinski definition) is 2. The van der Waals surface area contributed by atoms with Gasteiger partial charge in [-0.25, -0.2) is 13.1 Å². The molecule has 0 amide bonds. The average Bonchev–Trinajstić information content (AvgIpc) is 2.13. The van der Waals surface area contributed by atoms with Gasteiger partial charge in [-0.1, -0.05) is 11.6 Å². The first kappa shape index (κ1) is 15.1. The van der Waals surface area contributed by atoms with E-state index < -0.39 is 15.6 Å². The van der Waals surface area contributed by atoms with Crippen LogP contribution in [0.5, 0.6) is 5.75 Å². The molecule has 0 aliphatic heterocycles. The number of nitrogen functional groups attached to an aromatic ring is 1. The molecule has 0 radical (unpaired) electrons. The van der Waals surface area contributed by atoms with Crippen LogP contribution in [0.15, 0.2) is 17.0 Å². The van der Waals surface area contributed by atoms with Crippen molar-refractivity contribution in [2.24, 2.45) is 0 Å². The number of halogens is 1. The number of ether oxygens (including phenoxy) is 1. The molecule has 1 rings (SSSR count). The van der Waals surface area contributed by atoms with Gasteiger partial charge < -0.3 is 10.5 Å². The molecule has 0 fully saturated rings. The van der Waals surface area contributed by atoms with Crippen molar-refractivity contribution in [1.82, 2.24) is 4.72 Å². The van der Waals surface area contributed by atoms with E-state index >= 15 is 0 Å². The Morgan fingerprint density at radius 2 is 1.89 bits per heavy atom. The Kier molecular flexibility index (Phi) is 4.15. The van der Waals surface area contributed by atoms with Crippen molar-refractivity contribution < 1.29 is 13.2 Å². The minimum atomic E-state index is -3.66. The molecule has 102 valence electrons. The molecule has 0 aliphatic rings. The van der Waals surface area contributed by atoms with E-state index in [2.05, 4.69) is 4.72 Å². The second kappa shape index (κ2) is 4.95. The van der Waals surface area contributed by atoms with Crippen LogP contribution in [0, 0.1) is 0 Å². The Bertz CT molecular complexity index is 527. The van der Waals surface area contributed by atoms with Crippen molar-refractivity contribution in [2.75, 3.05) is 12.8 Å². The number of nitrogens with two attached hydrogens (primary N) is 1. The highest BCUT2D eigenvalue weighted by Gasteiger charge is 2.23. The summed E-state index contributed by atoms with van der Waals surface area (Å²) in [6, 6.07) is 2.63. The first-order valence-corrected chi connectivity index (χ1v) is 7.10. The second-order valence-corrected chi connectivity index (χ2v) is 6.97. The third-order valence-corrected chi connectivity index (χ3v) is 4.02. The fraction of sp³-hybridized carbons (Fsp3) is 0.455. The minimum Gasteiger partial charge on any atom is -0.493 e. The van der Waals surface area contributed by atoms with Crippen molar-refractivity contribution in [3.8, 4) is 5.75 Å². The first-order chi connectivity index (χ1) is 8.07. The Morgan fingerprint density at radius 3 is 2.28 bits per heavy atom. The van der Waals surface area contributed by atoms with Crippen molar-refractivity contribution in [2.45, 2.75) is 31.2 Å². The van der Waals surface area contributed by atoms with Gasteiger partial charge in [0.1, 0.15) is 0 Å². The molecule has 0 bridgehead atoms. The summed E-state index contributed by atoms with van der Waals surface area (Å²) in [5.41, 5.74) is 5.29. The number of nitrogens with one attached hydrogen (secondary N) is 1. The lowest BCUT2D eigenvalue weighted by Gasteiger charge is -2.21. The van der Waals surface area contributed by atoms with Gasteiger partial charge in [0.25, 0.3) is 0 Å². The lowest BCUT2D eigenvalue weighted by atomic mass is 10.1. The normalized spacial score (nSPS) is 12.5. The molecule has 3 N–H and O–H groups in total. The highest BCUT2D eigenvalue weighted by Crippen LogP contribution is 2.33. The molecule has 18 heavy (non-hydrogen) atoms. The molecule has 0 aliphatic carbocycles.